The summed E-state index contributed by atoms with van der Waals surface area (Å²) in [5.41, 5.74) is 13.8. The number of nitrogens with zero attached hydrogens (tertiary/aromatic N) is 4. The highest BCUT2D eigenvalue weighted by molar-refractivity contribution is 6.03. The van der Waals surface area contributed by atoms with Crippen molar-refractivity contribution in [2.24, 2.45) is 16.5 Å². The molecule has 6 N–H and O–H groups in total. The minimum atomic E-state index is -0.457. The number of carbonyl (C=O) groups excluding carboxylic acids is 1. The van der Waals surface area contributed by atoms with Gasteiger partial charge in [-0.15, -0.1) is 12.4 Å². The van der Waals surface area contributed by atoms with Crippen molar-refractivity contribution in [3.8, 4) is 5.69 Å². The van der Waals surface area contributed by atoms with Gasteiger partial charge in [0.05, 0.1) is 28.7 Å². The molecule has 1 aliphatic rings. The number of benzene rings is 1. The lowest BCUT2D eigenvalue weighted by Crippen LogP contribution is -2.24. The highest BCUT2D eigenvalue weighted by Gasteiger charge is 2.33. The smallest absolute Gasteiger partial charge is 0.283 e. The molecule has 4 rings (SSSR count). The Kier molecular flexibility index (Phi) is 5.59. The van der Waals surface area contributed by atoms with Crippen molar-refractivity contribution in [1.29, 1.82) is 0 Å². The molecule has 1 fully saturated rings. The first-order chi connectivity index (χ1) is 11.6. The molecule has 1 amide bonds. The van der Waals surface area contributed by atoms with E-state index in [0.29, 0.717) is 11.5 Å². The van der Waals surface area contributed by atoms with Gasteiger partial charge in [0, 0.05) is 17.5 Å². The molecule has 0 saturated heterocycles. The Bertz CT molecular complexity index is 971. The summed E-state index contributed by atoms with van der Waals surface area (Å²) < 4.78 is 1.82. The predicted octanol–water partition coefficient (Wildman–Crippen LogP) is 1.31. The number of amides is 1. The van der Waals surface area contributed by atoms with Crippen molar-refractivity contribution in [2.75, 3.05) is 0 Å². The quantitative estimate of drug-likeness (QED) is 0.524. The normalized spacial score (nSPS) is 12.8. The number of halogens is 1. The number of aromatic nitrogens is 3. The van der Waals surface area contributed by atoms with Crippen molar-refractivity contribution >= 4 is 35.2 Å². The zero-order chi connectivity index (χ0) is 16.7. The Morgan fingerprint density at radius 2 is 1.92 bits per heavy atom. The van der Waals surface area contributed by atoms with Gasteiger partial charge in [0.1, 0.15) is 0 Å². The maximum Gasteiger partial charge on any atom is 0.283 e. The van der Waals surface area contributed by atoms with E-state index in [1.165, 1.54) is 6.20 Å². The molecule has 0 radical (unpaired) electrons. The van der Waals surface area contributed by atoms with Gasteiger partial charge in [-0.25, -0.2) is 4.68 Å². The Hall–Kier alpha value is -2.97. The van der Waals surface area contributed by atoms with Crippen LogP contribution in [0.15, 0.2) is 47.7 Å². The molecule has 0 unspecified atom stereocenters. The van der Waals surface area contributed by atoms with E-state index in [-0.39, 0.29) is 23.8 Å². The predicted molar refractivity (Wildman–Crippen MR) is 102 cm³/mol. The van der Waals surface area contributed by atoms with Gasteiger partial charge in [-0.2, -0.15) is 10.1 Å². The van der Waals surface area contributed by atoms with E-state index in [2.05, 4.69) is 15.1 Å². The van der Waals surface area contributed by atoms with Gasteiger partial charge in [-0.05, 0) is 25.0 Å². The standard InChI is InChI=1S/C17H16N6O.ClH.H2O/c18-17(19)22-16(24)12-9-21-23(15(12)10-5-6-10)14-7-8-20-13-4-2-1-3-11(13)14;;/h1-4,7-10H,5-6H2,(H4,18,19,22,24);1H;1H2. The summed E-state index contributed by atoms with van der Waals surface area (Å²) in [5, 5.41) is 5.42. The molecule has 136 valence electrons. The topological polar surface area (TPSA) is 144 Å². The van der Waals surface area contributed by atoms with E-state index in [4.69, 9.17) is 11.5 Å². The summed E-state index contributed by atoms with van der Waals surface area (Å²) in [7, 11) is 0. The van der Waals surface area contributed by atoms with Crippen LogP contribution in [-0.2, 0) is 0 Å². The van der Waals surface area contributed by atoms with Crippen molar-refractivity contribution in [3.63, 3.8) is 0 Å². The fraction of sp³-hybridized carbons (Fsp3) is 0.176. The second kappa shape index (κ2) is 7.51. The molecule has 0 spiro atoms. The number of rotatable bonds is 3. The molecule has 1 aromatic carbocycles. The molecule has 1 aliphatic carbocycles. The highest BCUT2D eigenvalue weighted by Crippen LogP contribution is 2.43. The second-order valence-corrected chi connectivity index (χ2v) is 5.82. The Morgan fingerprint density at radius 1 is 1.19 bits per heavy atom. The maximum absolute atomic E-state index is 12.3. The zero-order valence-corrected chi connectivity index (χ0v) is 14.6. The maximum atomic E-state index is 12.3. The Labute approximate surface area is 155 Å². The molecule has 26 heavy (non-hydrogen) atoms. The lowest BCUT2D eigenvalue weighted by atomic mass is 10.1. The van der Waals surface area contributed by atoms with Crippen molar-refractivity contribution in [2.45, 2.75) is 18.8 Å². The number of guanidine groups is 1. The summed E-state index contributed by atoms with van der Waals surface area (Å²) in [4.78, 5) is 20.3. The molecule has 1 saturated carbocycles. The van der Waals surface area contributed by atoms with Gasteiger partial charge in [-0.1, -0.05) is 18.2 Å². The van der Waals surface area contributed by atoms with E-state index in [0.717, 1.165) is 35.1 Å². The Morgan fingerprint density at radius 3 is 2.62 bits per heavy atom. The number of fused-ring (bicyclic) bond motifs is 1. The average molecular weight is 375 g/mol. The van der Waals surface area contributed by atoms with Crippen LogP contribution in [0.4, 0.5) is 0 Å². The van der Waals surface area contributed by atoms with Gasteiger partial charge < -0.3 is 16.9 Å². The van der Waals surface area contributed by atoms with E-state index in [9.17, 15) is 4.79 Å². The summed E-state index contributed by atoms with van der Waals surface area (Å²) in [6, 6.07) is 9.74. The van der Waals surface area contributed by atoms with Crippen LogP contribution >= 0.6 is 12.4 Å². The van der Waals surface area contributed by atoms with E-state index in [1.807, 2.05) is 35.0 Å². The van der Waals surface area contributed by atoms with E-state index >= 15 is 0 Å². The number of nitrogens with two attached hydrogens (primary N) is 2. The van der Waals surface area contributed by atoms with Crippen LogP contribution in [0.25, 0.3) is 16.6 Å². The molecule has 2 heterocycles. The van der Waals surface area contributed by atoms with Gasteiger partial charge in [0.15, 0.2) is 5.96 Å². The molecule has 0 aliphatic heterocycles. The van der Waals surface area contributed by atoms with Crippen LogP contribution in [0.2, 0.25) is 0 Å². The van der Waals surface area contributed by atoms with Gasteiger partial charge >= 0.3 is 0 Å². The van der Waals surface area contributed by atoms with E-state index < -0.39 is 5.91 Å². The molecular weight excluding hydrogens is 356 g/mol. The van der Waals surface area contributed by atoms with Crippen LogP contribution < -0.4 is 11.5 Å². The highest BCUT2D eigenvalue weighted by atomic mass is 35.5. The van der Waals surface area contributed by atoms with Crippen LogP contribution in [-0.4, -0.2) is 32.1 Å². The van der Waals surface area contributed by atoms with Gasteiger partial charge in [-0.3, -0.25) is 9.78 Å². The number of para-hydroxylation sites is 1. The number of hydrogen-bond acceptors (Lipinski definition) is 3. The Balaban J connectivity index is 0.00000121. The van der Waals surface area contributed by atoms with E-state index in [1.54, 1.807) is 6.20 Å². The minimum absolute atomic E-state index is 0. The SMILES string of the molecule is Cl.NC(N)=NC(=O)c1cnn(-c2ccnc3ccccc23)c1C1CC1.O. The summed E-state index contributed by atoms with van der Waals surface area (Å²) in [6.07, 6.45) is 5.33. The molecule has 0 atom stereocenters. The fourth-order valence-corrected chi connectivity index (χ4v) is 2.91. The van der Waals surface area contributed by atoms with Gasteiger partial charge in [0.2, 0.25) is 0 Å². The molecular formula is C17H19ClN6O2. The lowest BCUT2D eigenvalue weighted by molar-refractivity contribution is 0.100. The van der Waals surface area contributed by atoms with Crippen LogP contribution in [0, 0.1) is 0 Å². The first kappa shape index (κ1) is 19.4. The molecule has 0 bridgehead atoms. The number of aliphatic imine (C=N–C) groups is 1. The lowest BCUT2D eigenvalue weighted by Gasteiger charge is -2.10. The molecule has 3 aromatic rings. The first-order valence-corrected chi connectivity index (χ1v) is 7.71. The van der Waals surface area contributed by atoms with Crippen LogP contribution in [0.1, 0.15) is 34.8 Å². The summed E-state index contributed by atoms with van der Waals surface area (Å²) >= 11 is 0. The van der Waals surface area contributed by atoms with Crippen molar-refractivity contribution in [1.82, 2.24) is 14.8 Å². The summed E-state index contributed by atoms with van der Waals surface area (Å²) in [5.74, 6) is -0.405. The third-order valence-electron chi connectivity index (χ3n) is 4.09. The third-order valence-corrected chi connectivity index (χ3v) is 4.09. The second-order valence-electron chi connectivity index (χ2n) is 5.82. The third kappa shape index (κ3) is 3.37. The minimum Gasteiger partial charge on any atom is -0.412 e. The molecule has 2 aromatic heterocycles. The first-order valence-electron chi connectivity index (χ1n) is 7.71. The van der Waals surface area contributed by atoms with Crippen LogP contribution in [0.3, 0.4) is 0 Å². The zero-order valence-electron chi connectivity index (χ0n) is 13.8. The number of carbonyl (C=O) groups is 1. The fourth-order valence-electron chi connectivity index (χ4n) is 2.91. The average Bonchev–Trinajstić information content (AvgIpc) is 3.32. The van der Waals surface area contributed by atoms with Crippen molar-refractivity contribution in [3.05, 3.63) is 54.0 Å². The number of pyridine rings is 1. The largest absolute Gasteiger partial charge is 0.412 e. The number of hydrogen-bond donors (Lipinski definition) is 2. The van der Waals surface area contributed by atoms with Crippen molar-refractivity contribution < 1.29 is 10.3 Å². The monoisotopic (exact) mass is 374 g/mol. The molecule has 8 nitrogen and oxygen atoms in total. The summed E-state index contributed by atoms with van der Waals surface area (Å²) in [6.45, 7) is 0. The molecule has 9 heteroatoms. The van der Waals surface area contributed by atoms with Gasteiger partial charge in [0.25, 0.3) is 5.91 Å². The van der Waals surface area contributed by atoms with Crippen LogP contribution in [0.5, 0.6) is 0 Å².